The molecule has 0 bridgehead atoms. The van der Waals surface area contributed by atoms with Crippen molar-refractivity contribution in [2.75, 3.05) is 6.54 Å². The number of carbonyl (C=O) groups excluding carboxylic acids is 1. The van der Waals surface area contributed by atoms with E-state index in [9.17, 15) is 24.6 Å². The number of hydrogen-bond acceptors (Lipinski definition) is 4. The topological polar surface area (TPSA) is 107 Å². The Bertz CT molecular complexity index is 619. The molecule has 1 heterocycles. The maximum atomic E-state index is 12.5. The first-order valence-electron chi connectivity index (χ1n) is 8.46. The van der Waals surface area contributed by atoms with Gasteiger partial charge in [-0.25, -0.2) is 4.79 Å². The smallest absolute Gasteiger partial charge is 0.326 e. The van der Waals surface area contributed by atoms with Crippen LogP contribution in [0, 0.1) is 0 Å². The number of aryl methyl sites for hydroxylation is 1. The number of carboxylic acid groups (broad SMARTS) is 2. The van der Waals surface area contributed by atoms with E-state index >= 15 is 0 Å². The minimum atomic E-state index is -1.02. The van der Waals surface area contributed by atoms with Crippen molar-refractivity contribution in [2.45, 2.75) is 50.7 Å². The molecule has 0 aromatic heterocycles. The van der Waals surface area contributed by atoms with Crippen LogP contribution < -0.4 is 5.32 Å². The van der Waals surface area contributed by atoms with E-state index in [1.807, 2.05) is 30.3 Å². The normalized spacial score (nSPS) is 19.4. The highest BCUT2D eigenvalue weighted by Gasteiger charge is 2.36. The van der Waals surface area contributed by atoms with Crippen molar-refractivity contribution >= 4 is 17.8 Å². The molecule has 1 aliphatic heterocycles. The molecular formula is C18H24N2O5. The number of carboxylic acids is 2. The largest absolute Gasteiger partial charge is 0.480 e. The van der Waals surface area contributed by atoms with Gasteiger partial charge in [0.15, 0.2) is 0 Å². The molecule has 3 N–H and O–H groups in total. The summed E-state index contributed by atoms with van der Waals surface area (Å²) in [7, 11) is 0. The molecule has 0 unspecified atom stereocenters. The molecule has 136 valence electrons. The molecular weight excluding hydrogens is 324 g/mol. The summed E-state index contributed by atoms with van der Waals surface area (Å²) in [6.45, 7) is 1.97. The van der Waals surface area contributed by atoms with Gasteiger partial charge in [0.1, 0.15) is 12.1 Å². The van der Waals surface area contributed by atoms with Crippen LogP contribution in [0.5, 0.6) is 0 Å². The third-order valence-electron chi connectivity index (χ3n) is 4.51. The Balaban J connectivity index is 1.95. The van der Waals surface area contributed by atoms with E-state index in [0.717, 1.165) is 5.56 Å². The Morgan fingerprint density at radius 2 is 1.92 bits per heavy atom. The summed E-state index contributed by atoms with van der Waals surface area (Å²) in [5.41, 5.74) is 1.03. The fourth-order valence-corrected chi connectivity index (χ4v) is 3.14. The van der Waals surface area contributed by atoms with Crippen LogP contribution in [0.25, 0.3) is 0 Å². The lowest BCUT2D eigenvalue weighted by Gasteiger charge is -2.27. The Kier molecular flexibility index (Phi) is 6.52. The number of benzene rings is 1. The lowest BCUT2D eigenvalue weighted by molar-refractivity contribution is -0.149. The third-order valence-corrected chi connectivity index (χ3v) is 4.51. The van der Waals surface area contributed by atoms with E-state index in [4.69, 9.17) is 0 Å². The van der Waals surface area contributed by atoms with Gasteiger partial charge in [-0.2, -0.15) is 0 Å². The predicted molar refractivity (Wildman–Crippen MR) is 91.2 cm³/mol. The fourth-order valence-electron chi connectivity index (χ4n) is 3.14. The first kappa shape index (κ1) is 18.9. The van der Waals surface area contributed by atoms with Crippen LogP contribution in [-0.4, -0.2) is 57.6 Å². The molecule has 25 heavy (non-hydrogen) atoms. The first-order valence-corrected chi connectivity index (χ1v) is 8.46. The Hall–Kier alpha value is -2.41. The lowest BCUT2D eigenvalue weighted by atomic mass is 10.0. The molecule has 1 aromatic rings. The zero-order valence-corrected chi connectivity index (χ0v) is 14.2. The van der Waals surface area contributed by atoms with Crippen LogP contribution in [-0.2, 0) is 20.8 Å². The molecule has 0 aliphatic carbocycles. The number of rotatable bonds is 8. The Morgan fingerprint density at radius 1 is 1.24 bits per heavy atom. The standard InChI is InChI=1S/C18H24N2O5/c1-12(16(21)20-11-5-8-15(20)18(24)25)19-14(17(22)23)10-9-13-6-3-2-4-7-13/h2-4,6-7,12,14-15,19H,5,8-11H2,1H3,(H,22,23)(H,24,25)/t12-,14-,15-/m1/s1. The number of aliphatic carboxylic acids is 2. The van der Waals surface area contributed by atoms with Crippen molar-refractivity contribution in [2.24, 2.45) is 0 Å². The summed E-state index contributed by atoms with van der Waals surface area (Å²) in [5.74, 6) is -2.40. The van der Waals surface area contributed by atoms with E-state index in [2.05, 4.69) is 5.32 Å². The molecule has 0 radical (unpaired) electrons. The van der Waals surface area contributed by atoms with Crippen LogP contribution in [0.15, 0.2) is 30.3 Å². The zero-order valence-electron chi connectivity index (χ0n) is 14.2. The van der Waals surface area contributed by atoms with Gasteiger partial charge in [-0.3, -0.25) is 14.9 Å². The van der Waals surface area contributed by atoms with Crippen LogP contribution in [0.1, 0.15) is 31.7 Å². The molecule has 0 saturated carbocycles. The predicted octanol–water partition coefficient (Wildman–Crippen LogP) is 1.13. The zero-order chi connectivity index (χ0) is 18.4. The number of likely N-dealkylation sites (tertiary alicyclic amines) is 1. The maximum Gasteiger partial charge on any atom is 0.326 e. The SMILES string of the molecule is C[C@@H](N[C@H](CCc1ccccc1)C(=O)O)C(=O)N1CCC[C@@H]1C(=O)O. The van der Waals surface area contributed by atoms with Gasteiger partial charge >= 0.3 is 11.9 Å². The molecule has 2 rings (SSSR count). The van der Waals surface area contributed by atoms with Crippen molar-refractivity contribution in [1.82, 2.24) is 10.2 Å². The van der Waals surface area contributed by atoms with E-state index in [-0.39, 0.29) is 5.91 Å². The van der Waals surface area contributed by atoms with Gasteiger partial charge < -0.3 is 15.1 Å². The number of carbonyl (C=O) groups is 3. The number of hydrogen-bond donors (Lipinski definition) is 3. The molecule has 7 nitrogen and oxygen atoms in total. The van der Waals surface area contributed by atoms with Crippen LogP contribution in [0.3, 0.4) is 0 Å². The minimum Gasteiger partial charge on any atom is -0.480 e. The number of amides is 1. The molecule has 1 saturated heterocycles. The van der Waals surface area contributed by atoms with Gasteiger partial charge in [-0.1, -0.05) is 30.3 Å². The van der Waals surface area contributed by atoms with Gasteiger partial charge in [-0.15, -0.1) is 0 Å². The average Bonchev–Trinajstić information content (AvgIpc) is 3.08. The van der Waals surface area contributed by atoms with Crippen molar-refractivity contribution in [3.05, 3.63) is 35.9 Å². The van der Waals surface area contributed by atoms with Crippen molar-refractivity contribution < 1.29 is 24.6 Å². The van der Waals surface area contributed by atoms with Gasteiger partial charge in [-0.05, 0) is 38.2 Å². The van der Waals surface area contributed by atoms with Crippen LogP contribution >= 0.6 is 0 Å². The second-order valence-electron chi connectivity index (χ2n) is 6.33. The number of nitrogens with zero attached hydrogens (tertiary/aromatic N) is 1. The average molecular weight is 348 g/mol. The highest BCUT2D eigenvalue weighted by atomic mass is 16.4. The molecule has 1 amide bonds. The molecule has 1 aliphatic rings. The van der Waals surface area contributed by atoms with Gasteiger partial charge in [0.2, 0.25) is 5.91 Å². The lowest BCUT2D eigenvalue weighted by Crippen LogP contribution is -2.53. The number of nitrogens with one attached hydrogen (secondary N) is 1. The van der Waals surface area contributed by atoms with Gasteiger partial charge in [0.05, 0.1) is 6.04 Å². The molecule has 3 atom stereocenters. The van der Waals surface area contributed by atoms with E-state index < -0.39 is 30.1 Å². The summed E-state index contributed by atoms with van der Waals surface area (Å²) in [6.07, 6.45) is 2.00. The Labute approximate surface area is 146 Å². The molecule has 7 heteroatoms. The van der Waals surface area contributed by atoms with Crippen molar-refractivity contribution in [1.29, 1.82) is 0 Å². The summed E-state index contributed by atoms with van der Waals surface area (Å²) >= 11 is 0. The molecule has 0 spiro atoms. The monoisotopic (exact) mass is 348 g/mol. The summed E-state index contributed by atoms with van der Waals surface area (Å²) in [4.78, 5) is 36.5. The second kappa shape index (κ2) is 8.62. The summed E-state index contributed by atoms with van der Waals surface area (Å²) < 4.78 is 0. The highest BCUT2D eigenvalue weighted by molar-refractivity contribution is 5.88. The maximum absolute atomic E-state index is 12.5. The van der Waals surface area contributed by atoms with Crippen molar-refractivity contribution in [3.63, 3.8) is 0 Å². The van der Waals surface area contributed by atoms with Gasteiger partial charge in [0, 0.05) is 6.54 Å². The highest BCUT2D eigenvalue weighted by Crippen LogP contribution is 2.18. The van der Waals surface area contributed by atoms with E-state index in [1.165, 1.54) is 4.90 Å². The minimum absolute atomic E-state index is 0.347. The molecule has 1 aromatic carbocycles. The fraction of sp³-hybridized carbons (Fsp3) is 0.500. The second-order valence-corrected chi connectivity index (χ2v) is 6.33. The van der Waals surface area contributed by atoms with Gasteiger partial charge in [0.25, 0.3) is 0 Å². The third kappa shape index (κ3) is 5.03. The Morgan fingerprint density at radius 3 is 2.52 bits per heavy atom. The van der Waals surface area contributed by atoms with E-state index in [0.29, 0.717) is 32.2 Å². The first-order chi connectivity index (χ1) is 11.9. The van der Waals surface area contributed by atoms with Crippen molar-refractivity contribution in [3.8, 4) is 0 Å². The summed E-state index contributed by atoms with van der Waals surface area (Å²) in [5, 5.41) is 21.4. The quantitative estimate of drug-likeness (QED) is 0.650. The van der Waals surface area contributed by atoms with Crippen LogP contribution in [0.4, 0.5) is 0 Å². The van der Waals surface area contributed by atoms with Crippen LogP contribution in [0.2, 0.25) is 0 Å². The molecule has 1 fully saturated rings. The van der Waals surface area contributed by atoms with E-state index in [1.54, 1.807) is 6.92 Å². The summed E-state index contributed by atoms with van der Waals surface area (Å²) in [6, 6.07) is 7.09.